The van der Waals surface area contributed by atoms with Gasteiger partial charge in [0.2, 0.25) is 5.91 Å². The minimum Gasteiger partial charge on any atom is -0.497 e. The van der Waals surface area contributed by atoms with Crippen molar-refractivity contribution in [2.75, 3.05) is 20.3 Å². The Balaban J connectivity index is 1.64. The fourth-order valence-electron chi connectivity index (χ4n) is 3.12. The molecule has 2 aliphatic rings. The van der Waals surface area contributed by atoms with Crippen LogP contribution in [0.15, 0.2) is 29.2 Å². The molecule has 1 aromatic carbocycles. The van der Waals surface area contributed by atoms with Gasteiger partial charge in [-0.3, -0.25) is 14.5 Å². The van der Waals surface area contributed by atoms with E-state index in [1.807, 2.05) is 0 Å². The first-order valence-electron chi connectivity index (χ1n) is 9.24. The Hall–Kier alpha value is -2.06. The summed E-state index contributed by atoms with van der Waals surface area (Å²) in [7, 11) is 1.55. The Labute approximate surface area is 187 Å². The van der Waals surface area contributed by atoms with Gasteiger partial charge in [-0.2, -0.15) is 0 Å². The van der Waals surface area contributed by atoms with E-state index in [4.69, 9.17) is 26.8 Å². The first kappa shape index (κ1) is 23.6. The highest BCUT2D eigenvalue weighted by molar-refractivity contribution is 8.26. The van der Waals surface area contributed by atoms with Crippen LogP contribution in [-0.4, -0.2) is 92.4 Å². The largest absolute Gasteiger partial charge is 0.497 e. The Morgan fingerprint density at radius 1 is 1.29 bits per heavy atom. The van der Waals surface area contributed by atoms with Crippen LogP contribution >= 0.6 is 24.0 Å². The van der Waals surface area contributed by atoms with E-state index in [9.17, 15) is 24.9 Å². The molecule has 12 heteroatoms. The lowest BCUT2D eigenvalue weighted by molar-refractivity contribution is -0.253. The van der Waals surface area contributed by atoms with Gasteiger partial charge in [0, 0.05) is 0 Å². The highest BCUT2D eigenvalue weighted by Gasteiger charge is 2.44. The van der Waals surface area contributed by atoms with Gasteiger partial charge in [0.25, 0.3) is 5.91 Å². The number of rotatable bonds is 6. The van der Waals surface area contributed by atoms with Gasteiger partial charge in [-0.05, 0) is 23.8 Å². The number of nitrogens with one attached hydrogen (secondary N) is 1. The number of carbonyl (C=O) groups is 2. The fourth-order valence-corrected chi connectivity index (χ4v) is 4.37. The fraction of sp³-hybridized carbons (Fsp3) is 0.421. The van der Waals surface area contributed by atoms with Crippen LogP contribution in [0.5, 0.6) is 5.75 Å². The first-order chi connectivity index (χ1) is 14.7. The third-order valence-corrected chi connectivity index (χ3v) is 6.19. The Kier molecular flexibility index (Phi) is 7.64. The summed E-state index contributed by atoms with van der Waals surface area (Å²) in [5, 5.41) is 41.4. The Bertz CT molecular complexity index is 878. The molecule has 2 heterocycles. The summed E-state index contributed by atoms with van der Waals surface area (Å²) in [4.78, 5) is 26.5. The maximum absolute atomic E-state index is 12.7. The van der Waals surface area contributed by atoms with Crippen LogP contribution in [0.2, 0.25) is 0 Å². The van der Waals surface area contributed by atoms with E-state index in [-0.39, 0.29) is 4.32 Å². The number of methoxy groups -OCH3 is 1. The van der Waals surface area contributed by atoms with Crippen molar-refractivity contribution in [2.45, 2.75) is 30.6 Å². The van der Waals surface area contributed by atoms with Crippen LogP contribution in [0.25, 0.3) is 6.08 Å². The van der Waals surface area contributed by atoms with E-state index in [1.165, 1.54) is 0 Å². The normalized spacial score (nSPS) is 30.0. The average Bonchev–Trinajstić information content (AvgIpc) is 3.01. The van der Waals surface area contributed by atoms with E-state index in [0.717, 1.165) is 22.2 Å². The summed E-state index contributed by atoms with van der Waals surface area (Å²) in [6.45, 7) is -1.06. The summed E-state index contributed by atoms with van der Waals surface area (Å²) < 4.78 is 10.3. The van der Waals surface area contributed by atoms with Crippen molar-refractivity contribution >= 4 is 46.2 Å². The molecule has 2 amide bonds. The third kappa shape index (κ3) is 5.23. The zero-order chi connectivity index (χ0) is 22.7. The average molecular weight is 471 g/mol. The number of amides is 2. The monoisotopic (exact) mass is 470 g/mol. The van der Waals surface area contributed by atoms with E-state index >= 15 is 0 Å². The second kappa shape index (κ2) is 10.0. The SMILES string of the molecule is COc1ccc(/C=C2\SC(=S)N(CC(=O)NC3C(O)OC(CO)C(O)C3O)C2=O)cc1. The molecule has 0 spiro atoms. The Morgan fingerprint density at radius 2 is 1.97 bits per heavy atom. The molecule has 31 heavy (non-hydrogen) atoms. The lowest BCUT2D eigenvalue weighted by Gasteiger charge is -2.40. The lowest BCUT2D eigenvalue weighted by Crippen LogP contribution is -2.64. The van der Waals surface area contributed by atoms with Crippen LogP contribution < -0.4 is 10.1 Å². The van der Waals surface area contributed by atoms with Gasteiger partial charge >= 0.3 is 0 Å². The zero-order valence-electron chi connectivity index (χ0n) is 16.4. The number of thiocarbonyl (C=S) groups is 1. The van der Waals surface area contributed by atoms with Crippen LogP contribution in [0, 0.1) is 0 Å². The summed E-state index contributed by atoms with van der Waals surface area (Å²) in [6, 6.07) is 5.69. The molecule has 2 saturated heterocycles. The molecule has 0 aromatic heterocycles. The molecular weight excluding hydrogens is 448 g/mol. The number of ether oxygens (including phenoxy) is 2. The molecule has 0 saturated carbocycles. The van der Waals surface area contributed by atoms with Gasteiger partial charge < -0.3 is 35.2 Å². The second-order valence-corrected chi connectivity index (χ2v) is 8.54. The van der Waals surface area contributed by atoms with Gasteiger partial charge in [-0.1, -0.05) is 36.1 Å². The molecular formula is C19H22N2O8S2. The van der Waals surface area contributed by atoms with Gasteiger partial charge in [0.1, 0.15) is 41.0 Å². The number of aliphatic hydroxyl groups excluding tert-OH is 4. The number of benzene rings is 1. The summed E-state index contributed by atoms with van der Waals surface area (Å²) in [5.41, 5.74) is 0.753. The molecule has 5 atom stereocenters. The molecule has 3 rings (SSSR count). The van der Waals surface area contributed by atoms with Crippen LogP contribution in [-0.2, 0) is 14.3 Å². The van der Waals surface area contributed by atoms with E-state index < -0.39 is 55.6 Å². The molecule has 2 aliphatic heterocycles. The predicted molar refractivity (Wildman–Crippen MR) is 115 cm³/mol. The molecule has 168 valence electrons. The van der Waals surface area contributed by atoms with Crippen molar-refractivity contribution in [3.8, 4) is 5.75 Å². The highest BCUT2D eigenvalue weighted by Crippen LogP contribution is 2.32. The number of hydrogen-bond acceptors (Lipinski definition) is 10. The minimum atomic E-state index is -1.65. The number of nitrogens with zero attached hydrogens (tertiary/aromatic N) is 1. The van der Waals surface area contributed by atoms with Gasteiger partial charge in [0.05, 0.1) is 18.6 Å². The molecule has 0 radical (unpaired) electrons. The first-order valence-corrected chi connectivity index (χ1v) is 10.5. The summed E-state index contributed by atoms with van der Waals surface area (Å²) in [6.07, 6.45) is -4.29. The van der Waals surface area contributed by atoms with E-state index in [0.29, 0.717) is 10.7 Å². The van der Waals surface area contributed by atoms with Crippen molar-refractivity contribution in [3.63, 3.8) is 0 Å². The molecule has 5 N–H and O–H groups in total. The summed E-state index contributed by atoms with van der Waals surface area (Å²) >= 11 is 6.25. The van der Waals surface area contributed by atoms with E-state index in [1.54, 1.807) is 37.5 Å². The number of carbonyl (C=O) groups excluding carboxylic acids is 2. The maximum atomic E-state index is 12.7. The predicted octanol–water partition coefficient (Wildman–Crippen LogP) is -1.19. The van der Waals surface area contributed by atoms with Crippen LogP contribution in [0.3, 0.4) is 0 Å². The van der Waals surface area contributed by atoms with Crippen LogP contribution in [0.1, 0.15) is 5.56 Å². The van der Waals surface area contributed by atoms with Crippen molar-refractivity contribution in [2.24, 2.45) is 0 Å². The second-order valence-electron chi connectivity index (χ2n) is 6.86. The van der Waals surface area contributed by atoms with Gasteiger partial charge in [-0.15, -0.1) is 0 Å². The number of hydrogen-bond donors (Lipinski definition) is 5. The van der Waals surface area contributed by atoms with Crippen molar-refractivity contribution in [3.05, 3.63) is 34.7 Å². The minimum absolute atomic E-state index is 0.182. The topological polar surface area (TPSA) is 149 Å². The number of thioether (sulfide) groups is 1. The molecule has 5 unspecified atom stereocenters. The highest BCUT2D eigenvalue weighted by atomic mass is 32.2. The van der Waals surface area contributed by atoms with Crippen LogP contribution in [0.4, 0.5) is 0 Å². The summed E-state index contributed by atoms with van der Waals surface area (Å²) in [5.74, 6) is -0.501. The van der Waals surface area contributed by atoms with Crippen molar-refractivity contribution in [1.29, 1.82) is 0 Å². The Morgan fingerprint density at radius 3 is 2.58 bits per heavy atom. The van der Waals surface area contributed by atoms with Gasteiger partial charge in [-0.25, -0.2) is 0 Å². The number of aliphatic hydroxyl groups is 4. The lowest BCUT2D eigenvalue weighted by atomic mass is 9.97. The maximum Gasteiger partial charge on any atom is 0.266 e. The van der Waals surface area contributed by atoms with Crippen molar-refractivity contribution < 1.29 is 39.5 Å². The third-order valence-electron chi connectivity index (χ3n) is 4.82. The van der Waals surface area contributed by atoms with Crippen molar-refractivity contribution in [1.82, 2.24) is 10.2 Å². The molecule has 0 aliphatic carbocycles. The smallest absolute Gasteiger partial charge is 0.266 e. The standard InChI is InChI=1S/C19H22N2O8S2/c1-28-10-4-2-9(3-5-10)6-12-17(26)21(19(30)31-12)7-13(23)20-14-16(25)15(24)11(8-22)29-18(14)27/h2-6,11,14-16,18,22,24-25,27H,7-8H2,1H3,(H,20,23)/b12-6-. The van der Waals surface area contributed by atoms with Gasteiger partial charge in [0.15, 0.2) is 6.29 Å². The molecule has 1 aromatic rings. The molecule has 10 nitrogen and oxygen atoms in total. The zero-order valence-corrected chi connectivity index (χ0v) is 18.0. The quantitative estimate of drug-likeness (QED) is 0.254. The molecule has 2 fully saturated rings. The van der Waals surface area contributed by atoms with E-state index in [2.05, 4.69) is 5.32 Å². The molecule has 0 bridgehead atoms.